The van der Waals surface area contributed by atoms with E-state index in [0.29, 0.717) is 17.9 Å². The van der Waals surface area contributed by atoms with Crippen molar-refractivity contribution in [3.63, 3.8) is 0 Å². The monoisotopic (exact) mass is 435 g/mol. The van der Waals surface area contributed by atoms with Gasteiger partial charge in [0.05, 0.1) is 6.04 Å². The lowest BCUT2D eigenvalue weighted by atomic mass is 9.98. The predicted octanol–water partition coefficient (Wildman–Crippen LogP) is 4.85. The van der Waals surface area contributed by atoms with Gasteiger partial charge in [-0.15, -0.1) is 11.8 Å². The Morgan fingerprint density at radius 2 is 1.58 bits per heavy atom. The van der Waals surface area contributed by atoms with E-state index >= 15 is 0 Å². The van der Waals surface area contributed by atoms with E-state index in [4.69, 9.17) is 9.84 Å². The Bertz CT molecular complexity index is 969. The maximum Gasteiger partial charge on any atom is 0.341 e. The molecule has 3 aromatic rings. The zero-order chi connectivity index (χ0) is 22.1. The van der Waals surface area contributed by atoms with Crippen molar-refractivity contribution < 1.29 is 19.4 Å². The molecule has 0 spiro atoms. The molecule has 0 saturated carbocycles. The number of thioether (sulfide) groups is 1. The molecule has 6 heteroatoms. The Morgan fingerprint density at radius 1 is 0.968 bits per heavy atom. The van der Waals surface area contributed by atoms with Crippen LogP contribution in [0.3, 0.4) is 0 Å². The molecule has 0 radical (unpaired) electrons. The second kappa shape index (κ2) is 11.2. The molecule has 0 aliphatic rings. The van der Waals surface area contributed by atoms with Crippen molar-refractivity contribution in [3.8, 4) is 5.75 Å². The van der Waals surface area contributed by atoms with Crippen LogP contribution >= 0.6 is 11.8 Å². The number of nitrogens with one attached hydrogen (secondary N) is 1. The third-order valence-corrected chi connectivity index (χ3v) is 5.66. The zero-order valence-corrected chi connectivity index (χ0v) is 18.1. The Kier molecular flexibility index (Phi) is 8.12. The van der Waals surface area contributed by atoms with Gasteiger partial charge < -0.3 is 15.2 Å². The van der Waals surface area contributed by atoms with Crippen LogP contribution in [0.1, 0.15) is 29.2 Å². The second-order valence-electron chi connectivity index (χ2n) is 7.03. The summed E-state index contributed by atoms with van der Waals surface area (Å²) in [5, 5.41) is 11.9. The number of carbonyl (C=O) groups is 2. The number of hydrogen-bond donors (Lipinski definition) is 2. The van der Waals surface area contributed by atoms with Gasteiger partial charge in [0.1, 0.15) is 5.75 Å². The molecule has 160 valence electrons. The highest BCUT2D eigenvalue weighted by molar-refractivity contribution is 7.99. The van der Waals surface area contributed by atoms with Crippen molar-refractivity contribution in [3.05, 3.63) is 95.6 Å². The fraction of sp³-hybridized carbons (Fsp3) is 0.200. The van der Waals surface area contributed by atoms with Crippen LogP contribution in [0.15, 0.2) is 83.8 Å². The SMILES string of the molecule is Cc1cc(SCCC(=O)NC(c2ccccc2)c2ccccc2)ccc1OCC(=O)O. The number of carboxylic acids is 1. The molecular formula is C25H25NO4S. The second-order valence-corrected chi connectivity index (χ2v) is 8.20. The summed E-state index contributed by atoms with van der Waals surface area (Å²) in [7, 11) is 0. The van der Waals surface area contributed by atoms with Gasteiger partial charge in [-0.25, -0.2) is 4.79 Å². The topological polar surface area (TPSA) is 75.6 Å². The minimum atomic E-state index is -1.01. The van der Waals surface area contributed by atoms with Crippen molar-refractivity contribution in [2.24, 2.45) is 0 Å². The third-order valence-electron chi connectivity index (χ3n) is 4.67. The number of amides is 1. The number of ether oxygens (including phenoxy) is 1. The average Bonchev–Trinajstić information content (AvgIpc) is 2.78. The maximum absolute atomic E-state index is 12.7. The molecule has 0 bridgehead atoms. The highest BCUT2D eigenvalue weighted by atomic mass is 32.2. The molecule has 0 fully saturated rings. The Balaban J connectivity index is 1.56. The summed E-state index contributed by atoms with van der Waals surface area (Å²) in [6, 6.07) is 25.3. The first-order valence-electron chi connectivity index (χ1n) is 10.00. The standard InChI is InChI=1S/C25H25NO4S/c1-18-16-21(12-13-22(18)30-17-24(28)29)31-15-14-23(27)26-25(19-8-4-2-5-9-19)20-10-6-3-7-11-20/h2-13,16,25H,14-15,17H2,1H3,(H,26,27)(H,28,29). The van der Waals surface area contributed by atoms with E-state index in [1.165, 1.54) is 0 Å². The lowest BCUT2D eigenvalue weighted by Crippen LogP contribution is -2.29. The molecule has 0 aliphatic carbocycles. The van der Waals surface area contributed by atoms with Crippen molar-refractivity contribution in [2.75, 3.05) is 12.4 Å². The molecule has 3 rings (SSSR count). The minimum Gasteiger partial charge on any atom is -0.482 e. The van der Waals surface area contributed by atoms with E-state index in [9.17, 15) is 9.59 Å². The first-order chi connectivity index (χ1) is 15.0. The predicted molar refractivity (Wildman–Crippen MR) is 123 cm³/mol. The molecule has 1 amide bonds. The number of rotatable bonds is 10. The molecule has 0 aliphatic heterocycles. The number of carboxylic acid groups (broad SMARTS) is 1. The van der Waals surface area contributed by atoms with Gasteiger partial charge in [-0.05, 0) is 41.8 Å². The molecular weight excluding hydrogens is 410 g/mol. The van der Waals surface area contributed by atoms with Gasteiger partial charge in [0.2, 0.25) is 5.91 Å². The van der Waals surface area contributed by atoms with Gasteiger partial charge >= 0.3 is 5.97 Å². The molecule has 31 heavy (non-hydrogen) atoms. The smallest absolute Gasteiger partial charge is 0.341 e. The normalized spacial score (nSPS) is 10.6. The van der Waals surface area contributed by atoms with Crippen LogP contribution in [0.2, 0.25) is 0 Å². The number of aryl methyl sites for hydroxylation is 1. The van der Waals surface area contributed by atoms with Crippen molar-refractivity contribution in [2.45, 2.75) is 24.3 Å². The van der Waals surface area contributed by atoms with E-state index in [1.807, 2.05) is 79.7 Å². The third kappa shape index (κ3) is 6.89. The van der Waals surface area contributed by atoms with Gasteiger partial charge in [0, 0.05) is 17.1 Å². The van der Waals surface area contributed by atoms with Crippen LogP contribution in [0.5, 0.6) is 5.75 Å². The molecule has 0 saturated heterocycles. The average molecular weight is 436 g/mol. The number of benzene rings is 3. The van der Waals surface area contributed by atoms with Crippen LogP contribution in [0.25, 0.3) is 0 Å². The summed E-state index contributed by atoms with van der Waals surface area (Å²) in [6.45, 7) is 1.51. The van der Waals surface area contributed by atoms with E-state index in [0.717, 1.165) is 21.6 Å². The zero-order valence-electron chi connectivity index (χ0n) is 17.3. The van der Waals surface area contributed by atoms with Gasteiger partial charge in [-0.1, -0.05) is 60.7 Å². The fourth-order valence-electron chi connectivity index (χ4n) is 3.16. The van der Waals surface area contributed by atoms with Crippen molar-refractivity contribution in [1.29, 1.82) is 0 Å². The summed E-state index contributed by atoms with van der Waals surface area (Å²) >= 11 is 1.58. The highest BCUT2D eigenvalue weighted by Gasteiger charge is 2.16. The largest absolute Gasteiger partial charge is 0.482 e. The lowest BCUT2D eigenvalue weighted by Gasteiger charge is -2.20. The summed E-state index contributed by atoms with van der Waals surface area (Å²) < 4.78 is 5.25. The first kappa shape index (κ1) is 22.4. The summed E-state index contributed by atoms with van der Waals surface area (Å²) in [5.74, 6) is 0.172. The van der Waals surface area contributed by atoms with Crippen LogP contribution < -0.4 is 10.1 Å². The molecule has 0 atom stereocenters. The van der Waals surface area contributed by atoms with Gasteiger partial charge in [-0.3, -0.25) is 4.79 Å². The summed E-state index contributed by atoms with van der Waals surface area (Å²) in [5.41, 5.74) is 2.95. The van der Waals surface area contributed by atoms with Crippen LogP contribution in [-0.4, -0.2) is 29.3 Å². The Labute approximate surface area is 186 Å². The van der Waals surface area contributed by atoms with Crippen LogP contribution in [0, 0.1) is 6.92 Å². The Hall–Kier alpha value is -3.25. The number of aliphatic carboxylic acids is 1. The van der Waals surface area contributed by atoms with Gasteiger partial charge in [0.25, 0.3) is 0 Å². The van der Waals surface area contributed by atoms with Crippen LogP contribution in [0.4, 0.5) is 0 Å². The molecule has 5 nitrogen and oxygen atoms in total. The maximum atomic E-state index is 12.7. The number of carbonyl (C=O) groups excluding carboxylic acids is 1. The highest BCUT2D eigenvalue weighted by Crippen LogP contribution is 2.26. The fourth-order valence-corrected chi connectivity index (χ4v) is 4.11. The summed E-state index contributed by atoms with van der Waals surface area (Å²) in [6.07, 6.45) is 0.386. The van der Waals surface area contributed by atoms with E-state index in [2.05, 4.69) is 5.32 Å². The van der Waals surface area contributed by atoms with Gasteiger partial charge in [-0.2, -0.15) is 0 Å². The minimum absolute atomic E-state index is 0.0108. The van der Waals surface area contributed by atoms with E-state index in [1.54, 1.807) is 17.8 Å². The quantitative estimate of drug-likeness (QED) is 0.446. The molecule has 2 N–H and O–H groups in total. The molecule has 3 aromatic carbocycles. The number of hydrogen-bond acceptors (Lipinski definition) is 4. The van der Waals surface area contributed by atoms with E-state index < -0.39 is 5.97 Å². The molecule has 0 aromatic heterocycles. The van der Waals surface area contributed by atoms with Crippen molar-refractivity contribution in [1.82, 2.24) is 5.32 Å². The van der Waals surface area contributed by atoms with E-state index in [-0.39, 0.29) is 18.6 Å². The van der Waals surface area contributed by atoms with Crippen LogP contribution in [-0.2, 0) is 9.59 Å². The summed E-state index contributed by atoms with van der Waals surface area (Å²) in [4.78, 5) is 24.3. The first-order valence-corrected chi connectivity index (χ1v) is 11.0. The molecule has 0 unspecified atom stereocenters. The van der Waals surface area contributed by atoms with Gasteiger partial charge in [0.15, 0.2) is 6.61 Å². The lowest BCUT2D eigenvalue weighted by molar-refractivity contribution is -0.139. The molecule has 0 heterocycles. The van der Waals surface area contributed by atoms with Crippen molar-refractivity contribution >= 4 is 23.6 Å². The Morgan fingerprint density at radius 3 is 2.13 bits per heavy atom.